The van der Waals surface area contributed by atoms with Gasteiger partial charge in [0, 0.05) is 12.1 Å². The van der Waals surface area contributed by atoms with Crippen molar-refractivity contribution in [1.82, 2.24) is 5.32 Å². The SMILES string of the molecule is CC(C)(C)OC(=O)NCC(=Cc1cccc(C=O)c1F)B1OC(C)(C)C(C)(C)O1. The van der Waals surface area contributed by atoms with Gasteiger partial charge in [-0.1, -0.05) is 18.2 Å². The number of ether oxygens (including phenoxy) is 1. The van der Waals surface area contributed by atoms with Crippen LogP contribution in [0.3, 0.4) is 0 Å². The number of halogens is 1. The van der Waals surface area contributed by atoms with Crippen LogP contribution in [0.4, 0.5) is 9.18 Å². The molecule has 1 aliphatic heterocycles. The van der Waals surface area contributed by atoms with Crippen LogP contribution in [0.15, 0.2) is 23.7 Å². The third-order valence-corrected chi connectivity index (χ3v) is 4.92. The fourth-order valence-corrected chi connectivity index (χ4v) is 2.66. The molecule has 0 saturated carbocycles. The highest BCUT2D eigenvalue weighted by Crippen LogP contribution is 2.38. The maximum absolute atomic E-state index is 14.6. The number of carbonyl (C=O) groups is 2. The first kappa shape index (κ1) is 23.1. The van der Waals surface area contributed by atoms with Gasteiger partial charge >= 0.3 is 13.2 Å². The number of hydrogen-bond donors (Lipinski definition) is 1. The Kier molecular flexibility index (Phi) is 6.60. The number of amides is 1. The van der Waals surface area contributed by atoms with Gasteiger partial charge in [0.1, 0.15) is 11.4 Å². The fourth-order valence-electron chi connectivity index (χ4n) is 2.66. The monoisotopic (exact) mass is 405 g/mol. The quantitative estimate of drug-likeness (QED) is 0.588. The van der Waals surface area contributed by atoms with Crippen molar-refractivity contribution in [2.45, 2.75) is 65.3 Å². The Morgan fingerprint density at radius 2 is 1.72 bits per heavy atom. The summed E-state index contributed by atoms with van der Waals surface area (Å²) in [6.45, 7) is 12.9. The van der Waals surface area contributed by atoms with Gasteiger partial charge in [-0.25, -0.2) is 9.18 Å². The predicted octanol–water partition coefficient (Wildman–Crippen LogP) is 4.18. The second-order valence-electron chi connectivity index (χ2n) is 9.03. The summed E-state index contributed by atoms with van der Waals surface area (Å²) < 4.78 is 31.9. The lowest BCUT2D eigenvalue weighted by atomic mass is 9.77. The van der Waals surface area contributed by atoms with Crippen LogP contribution in [-0.4, -0.2) is 42.8 Å². The number of benzene rings is 1. The number of hydrogen-bond acceptors (Lipinski definition) is 5. The zero-order chi connectivity index (χ0) is 22.0. The summed E-state index contributed by atoms with van der Waals surface area (Å²) in [6.07, 6.45) is 1.38. The third-order valence-electron chi connectivity index (χ3n) is 4.92. The standard InChI is InChI=1S/C21H29BFNO5/c1-19(2,3)27-18(26)24-12-16(22-28-20(4,5)21(6,7)29-22)11-14-9-8-10-15(13-25)17(14)23/h8-11,13H,12H2,1-7H3,(H,24,26). The van der Waals surface area contributed by atoms with Gasteiger partial charge < -0.3 is 19.4 Å². The molecule has 158 valence electrons. The van der Waals surface area contributed by atoms with E-state index in [1.54, 1.807) is 32.9 Å². The van der Waals surface area contributed by atoms with Crippen molar-refractivity contribution in [1.29, 1.82) is 0 Å². The molecule has 1 aromatic carbocycles. The first-order valence-corrected chi connectivity index (χ1v) is 9.52. The molecule has 1 heterocycles. The fraction of sp³-hybridized carbons (Fsp3) is 0.524. The Balaban J connectivity index is 2.34. The summed E-state index contributed by atoms with van der Waals surface area (Å²) in [7, 11) is -0.797. The maximum Gasteiger partial charge on any atom is 0.492 e. The second kappa shape index (κ2) is 8.28. The van der Waals surface area contributed by atoms with E-state index in [0.717, 1.165) is 0 Å². The van der Waals surface area contributed by atoms with Gasteiger partial charge in [0.05, 0.1) is 16.8 Å². The number of nitrogens with one attached hydrogen (secondary N) is 1. The highest BCUT2D eigenvalue weighted by molar-refractivity contribution is 6.56. The molecule has 0 atom stereocenters. The molecular weight excluding hydrogens is 376 g/mol. The molecule has 0 bridgehead atoms. The zero-order valence-corrected chi connectivity index (χ0v) is 18.1. The Hall–Kier alpha value is -2.19. The van der Waals surface area contributed by atoms with Crippen LogP contribution in [0.2, 0.25) is 0 Å². The van der Waals surface area contributed by atoms with E-state index < -0.39 is 35.8 Å². The molecule has 2 rings (SSSR count). The second-order valence-corrected chi connectivity index (χ2v) is 9.03. The Labute approximate surface area is 171 Å². The molecule has 1 amide bonds. The van der Waals surface area contributed by atoms with Crippen LogP contribution in [0.1, 0.15) is 64.4 Å². The minimum absolute atomic E-state index is 0.0243. The Bertz CT molecular complexity index is 798. The normalized spacial score (nSPS) is 18.5. The Morgan fingerprint density at radius 3 is 2.24 bits per heavy atom. The number of carbonyl (C=O) groups excluding carboxylic acids is 2. The van der Waals surface area contributed by atoms with Crippen molar-refractivity contribution in [3.63, 3.8) is 0 Å². The molecule has 1 fully saturated rings. The maximum atomic E-state index is 14.6. The van der Waals surface area contributed by atoms with Crippen LogP contribution >= 0.6 is 0 Å². The highest BCUT2D eigenvalue weighted by atomic mass is 19.1. The van der Waals surface area contributed by atoms with Gasteiger partial charge in [0.15, 0.2) is 6.29 Å². The number of alkyl carbamates (subject to hydrolysis) is 1. The molecule has 1 aromatic rings. The van der Waals surface area contributed by atoms with Crippen molar-refractivity contribution in [3.8, 4) is 0 Å². The van der Waals surface area contributed by atoms with Gasteiger partial charge in [0.25, 0.3) is 0 Å². The smallest absolute Gasteiger partial charge is 0.444 e. The van der Waals surface area contributed by atoms with Crippen molar-refractivity contribution in [2.24, 2.45) is 0 Å². The first-order valence-electron chi connectivity index (χ1n) is 9.52. The molecule has 0 aliphatic carbocycles. The number of rotatable bonds is 5. The summed E-state index contributed by atoms with van der Waals surface area (Å²) in [5, 5.41) is 2.66. The molecule has 0 radical (unpaired) electrons. The van der Waals surface area contributed by atoms with E-state index in [2.05, 4.69) is 5.32 Å². The van der Waals surface area contributed by atoms with Crippen LogP contribution in [0, 0.1) is 5.82 Å². The van der Waals surface area contributed by atoms with Crippen molar-refractivity contribution >= 4 is 25.6 Å². The third kappa shape index (κ3) is 5.67. The van der Waals surface area contributed by atoms with Crippen molar-refractivity contribution < 1.29 is 28.0 Å². The summed E-state index contributed by atoms with van der Waals surface area (Å²) in [6, 6.07) is 4.52. The van der Waals surface area contributed by atoms with Gasteiger partial charge in [0.2, 0.25) is 0 Å². The van der Waals surface area contributed by atoms with Crippen LogP contribution < -0.4 is 5.32 Å². The van der Waals surface area contributed by atoms with Gasteiger partial charge in [-0.05, 0) is 60.0 Å². The molecule has 1 saturated heterocycles. The van der Waals surface area contributed by atoms with E-state index in [1.807, 2.05) is 27.7 Å². The van der Waals surface area contributed by atoms with Crippen molar-refractivity contribution in [3.05, 3.63) is 40.6 Å². The predicted molar refractivity (Wildman–Crippen MR) is 110 cm³/mol. The molecule has 0 spiro atoms. The Morgan fingerprint density at radius 1 is 1.17 bits per heavy atom. The molecule has 1 aliphatic rings. The van der Waals surface area contributed by atoms with E-state index in [4.69, 9.17) is 14.0 Å². The lowest BCUT2D eigenvalue weighted by Crippen LogP contribution is -2.41. The van der Waals surface area contributed by atoms with Gasteiger partial charge in [-0.3, -0.25) is 4.79 Å². The van der Waals surface area contributed by atoms with Gasteiger partial charge in [-0.2, -0.15) is 0 Å². The molecule has 8 heteroatoms. The minimum atomic E-state index is -0.797. The van der Waals surface area contributed by atoms with E-state index in [1.165, 1.54) is 12.1 Å². The summed E-state index contributed by atoms with van der Waals surface area (Å²) in [4.78, 5) is 23.1. The molecule has 29 heavy (non-hydrogen) atoms. The lowest BCUT2D eigenvalue weighted by molar-refractivity contribution is 0.00578. The average Bonchev–Trinajstić information content (AvgIpc) is 2.79. The average molecular weight is 405 g/mol. The molecule has 6 nitrogen and oxygen atoms in total. The van der Waals surface area contributed by atoms with E-state index in [0.29, 0.717) is 11.8 Å². The largest absolute Gasteiger partial charge is 0.492 e. The highest BCUT2D eigenvalue weighted by Gasteiger charge is 2.52. The van der Waals surface area contributed by atoms with Gasteiger partial charge in [-0.15, -0.1) is 0 Å². The van der Waals surface area contributed by atoms with Crippen LogP contribution in [0.5, 0.6) is 0 Å². The van der Waals surface area contributed by atoms with E-state index in [-0.39, 0.29) is 17.7 Å². The van der Waals surface area contributed by atoms with Crippen LogP contribution in [0.25, 0.3) is 6.08 Å². The van der Waals surface area contributed by atoms with E-state index in [9.17, 15) is 14.0 Å². The van der Waals surface area contributed by atoms with Crippen molar-refractivity contribution in [2.75, 3.05) is 6.54 Å². The summed E-state index contributed by atoms with van der Waals surface area (Å²) in [5.41, 5.74) is -1.21. The topological polar surface area (TPSA) is 73.9 Å². The first-order chi connectivity index (χ1) is 13.3. The summed E-state index contributed by atoms with van der Waals surface area (Å²) in [5.74, 6) is -0.645. The zero-order valence-electron chi connectivity index (χ0n) is 18.1. The molecule has 1 N–H and O–H groups in total. The summed E-state index contributed by atoms with van der Waals surface area (Å²) >= 11 is 0. The molecule has 0 aromatic heterocycles. The molecule has 0 unspecified atom stereocenters. The number of aldehydes is 1. The lowest BCUT2D eigenvalue weighted by Gasteiger charge is -2.32. The molecular formula is C21H29BFNO5. The van der Waals surface area contributed by atoms with Crippen LogP contribution in [-0.2, 0) is 14.0 Å². The van der Waals surface area contributed by atoms with E-state index >= 15 is 0 Å². The minimum Gasteiger partial charge on any atom is -0.444 e.